The number of hydrogen-bond donors (Lipinski definition) is 2. The summed E-state index contributed by atoms with van der Waals surface area (Å²) in [6.07, 6.45) is 4.30. The maximum Gasteiger partial charge on any atom is 0.290 e. The fourth-order valence-electron chi connectivity index (χ4n) is 2.63. The maximum atomic E-state index is 10.7. The van der Waals surface area contributed by atoms with Crippen LogP contribution in [0, 0.1) is 23.0 Å². The first-order valence-electron chi connectivity index (χ1n) is 6.61. The number of hydrogen-bond acceptors (Lipinski definition) is 5. The summed E-state index contributed by atoms with van der Waals surface area (Å²) in [7, 11) is 0. The molecule has 19 heavy (non-hydrogen) atoms. The van der Waals surface area contributed by atoms with E-state index in [1.807, 2.05) is 0 Å². The molecule has 2 unspecified atom stereocenters. The zero-order valence-electron chi connectivity index (χ0n) is 11.0. The van der Waals surface area contributed by atoms with Gasteiger partial charge in [0.1, 0.15) is 11.5 Å². The van der Waals surface area contributed by atoms with Crippen LogP contribution in [-0.4, -0.2) is 27.7 Å². The molecular formula is C13H19N3O3. The fraction of sp³-hybridized carbons (Fsp3) is 0.615. The van der Waals surface area contributed by atoms with Gasteiger partial charge in [0.15, 0.2) is 0 Å². The van der Waals surface area contributed by atoms with Crippen LogP contribution in [0.4, 0.5) is 11.5 Å². The molecule has 0 radical (unpaired) electrons. The molecule has 1 aliphatic carbocycles. The second-order valence-electron chi connectivity index (χ2n) is 5.04. The average molecular weight is 265 g/mol. The van der Waals surface area contributed by atoms with Crippen LogP contribution in [0.2, 0.25) is 0 Å². The molecule has 6 heteroatoms. The van der Waals surface area contributed by atoms with E-state index in [0.717, 1.165) is 25.7 Å². The monoisotopic (exact) mass is 265 g/mol. The molecule has 1 saturated carbocycles. The molecule has 0 bridgehead atoms. The lowest BCUT2D eigenvalue weighted by molar-refractivity contribution is -0.385. The Morgan fingerprint density at radius 1 is 1.47 bits per heavy atom. The van der Waals surface area contributed by atoms with E-state index in [2.05, 4.69) is 10.3 Å². The minimum absolute atomic E-state index is 0.0351. The third kappa shape index (κ3) is 3.20. The molecule has 1 aliphatic rings. The Kier molecular flexibility index (Phi) is 4.31. The van der Waals surface area contributed by atoms with Crippen molar-refractivity contribution in [2.45, 2.75) is 38.6 Å². The van der Waals surface area contributed by atoms with Crippen molar-refractivity contribution in [3.63, 3.8) is 0 Å². The minimum atomic E-state index is -0.427. The first-order chi connectivity index (χ1) is 9.11. The number of rotatable bonds is 4. The van der Waals surface area contributed by atoms with E-state index >= 15 is 0 Å². The van der Waals surface area contributed by atoms with Gasteiger partial charge in [0.2, 0.25) is 0 Å². The summed E-state index contributed by atoms with van der Waals surface area (Å²) in [4.78, 5) is 14.5. The second kappa shape index (κ2) is 5.97. The summed E-state index contributed by atoms with van der Waals surface area (Å²) in [6, 6.07) is 3.31. The zero-order valence-corrected chi connectivity index (χ0v) is 11.0. The Labute approximate surface area is 112 Å². The molecule has 1 fully saturated rings. The Morgan fingerprint density at radius 2 is 2.21 bits per heavy atom. The lowest BCUT2D eigenvalue weighted by atomic mass is 9.85. The molecule has 0 aromatic carbocycles. The minimum Gasteiger partial charge on any atom is -0.396 e. The van der Waals surface area contributed by atoms with Gasteiger partial charge in [-0.15, -0.1) is 0 Å². The van der Waals surface area contributed by atoms with Crippen molar-refractivity contribution >= 4 is 11.5 Å². The van der Waals surface area contributed by atoms with E-state index in [9.17, 15) is 15.2 Å². The molecule has 2 N–H and O–H groups in total. The fourth-order valence-corrected chi connectivity index (χ4v) is 2.63. The van der Waals surface area contributed by atoms with E-state index in [-0.39, 0.29) is 24.3 Å². The quantitative estimate of drug-likeness (QED) is 0.644. The number of nitro groups is 1. The predicted octanol–water partition coefficient (Wildman–Crippen LogP) is 2.26. The number of nitrogens with zero attached hydrogens (tertiary/aromatic N) is 2. The number of aliphatic hydroxyl groups is 1. The van der Waals surface area contributed by atoms with Gasteiger partial charge in [0, 0.05) is 24.6 Å². The van der Waals surface area contributed by atoms with Gasteiger partial charge in [-0.1, -0.05) is 12.8 Å². The van der Waals surface area contributed by atoms with Crippen LogP contribution >= 0.6 is 0 Å². The highest BCUT2D eigenvalue weighted by Crippen LogP contribution is 2.27. The number of aryl methyl sites for hydroxylation is 1. The van der Waals surface area contributed by atoms with Gasteiger partial charge in [-0.2, -0.15) is 0 Å². The first-order valence-corrected chi connectivity index (χ1v) is 6.61. The van der Waals surface area contributed by atoms with Gasteiger partial charge in [-0.25, -0.2) is 4.98 Å². The van der Waals surface area contributed by atoms with Gasteiger partial charge >= 0.3 is 0 Å². The van der Waals surface area contributed by atoms with Gasteiger partial charge in [-0.05, 0) is 25.8 Å². The Morgan fingerprint density at radius 3 is 2.84 bits per heavy atom. The van der Waals surface area contributed by atoms with Crippen LogP contribution < -0.4 is 5.32 Å². The van der Waals surface area contributed by atoms with E-state index in [4.69, 9.17) is 0 Å². The first kappa shape index (κ1) is 13.7. The lowest BCUT2D eigenvalue weighted by Crippen LogP contribution is -2.34. The van der Waals surface area contributed by atoms with Crippen LogP contribution in [-0.2, 0) is 0 Å². The van der Waals surface area contributed by atoms with Crippen LogP contribution in [0.25, 0.3) is 0 Å². The summed E-state index contributed by atoms with van der Waals surface area (Å²) < 4.78 is 0. The number of aromatic nitrogens is 1. The van der Waals surface area contributed by atoms with Crippen molar-refractivity contribution in [3.8, 4) is 0 Å². The summed E-state index contributed by atoms with van der Waals surface area (Å²) in [5.41, 5.74) is 0.444. The second-order valence-corrected chi connectivity index (χ2v) is 5.04. The molecule has 104 valence electrons. The van der Waals surface area contributed by atoms with Crippen molar-refractivity contribution < 1.29 is 10.0 Å². The van der Waals surface area contributed by atoms with Gasteiger partial charge in [0.25, 0.3) is 5.69 Å². The molecule has 0 amide bonds. The molecule has 0 aliphatic heterocycles. The summed E-state index contributed by atoms with van der Waals surface area (Å²) >= 11 is 0. The molecule has 2 atom stereocenters. The average Bonchev–Trinajstić information content (AvgIpc) is 2.39. The van der Waals surface area contributed by atoms with Crippen molar-refractivity contribution in [1.29, 1.82) is 0 Å². The maximum absolute atomic E-state index is 10.7. The van der Waals surface area contributed by atoms with E-state index in [0.29, 0.717) is 11.5 Å². The Bertz CT molecular complexity index is 464. The van der Waals surface area contributed by atoms with Crippen LogP contribution in [0.15, 0.2) is 12.1 Å². The highest BCUT2D eigenvalue weighted by molar-refractivity contribution is 5.45. The Balaban J connectivity index is 2.10. The van der Waals surface area contributed by atoms with Crippen LogP contribution in [0.5, 0.6) is 0 Å². The van der Waals surface area contributed by atoms with E-state index in [1.165, 1.54) is 6.07 Å². The molecule has 2 rings (SSSR count). The molecule has 1 aromatic rings. The molecular weight excluding hydrogens is 246 g/mol. The summed E-state index contributed by atoms with van der Waals surface area (Å²) in [6.45, 7) is 1.80. The van der Waals surface area contributed by atoms with Gasteiger partial charge in [-0.3, -0.25) is 10.1 Å². The topological polar surface area (TPSA) is 88.3 Å². The lowest BCUT2D eigenvalue weighted by Gasteiger charge is -2.31. The molecule has 0 spiro atoms. The smallest absolute Gasteiger partial charge is 0.290 e. The van der Waals surface area contributed by atoms with Gasteiger partial charge < -0.3 is 10.4 Å². The van der Waals surface area contributed by atoms with Crippen molar-refractivity contribution in [3.05, 3.63) is 27.9 Å². The number of anilines is 1. The summed E-state index contributed by atoms with van der Waals surface area (Å²) in [5.74, 6) is 0.888. The molecule has 1 aromatic heterocycles. The highest BCUT2D eigenvalue weighted by atomic mass is 16.6. The Hall–Kier alpha value is -1.69. The molecule has 1 heterocycles. The summed E-state index contributed by atoms with van der Waals surface area (Å²) in [5, 5.41) is 23.4. The number of aliphatic hydroxyl groups excluding tert-OH is 1. The normalized spacial score (nSPS) is 23.1. The van der Waals surface area contributed by atoms with E-state index < -0.39 is 4.92 Å². The third-order valence-electron chi connectivity index (χ3n) is 3.73. The highest BCUT2D eigenvalue weighted by Gasteiger charge is 2.25. The van der Waals surface area contributed by atoms with Crippen LogP contribution in [0.1, 0.15) is 31.4 Å². The van der Waals surface area contributed by atoms with E-state index in [1.54, 1.807) is 13.0 Å². The number of pyridine rings is 1. The number of nitrogens with one attached hydrogen (secondary N) is 1. The van der Waals surface area contributed by atoms with Crippen molar-refractivity contribution in [2.75, 3.05) is 11.9 Å². The third-order valence-corrected chi connectivity index (χ3v) is 3.73. The largest absolute Gasteiger partial charge is 0.396 e. The molecule has 6 nitrogen and oxygen atoms in total. The van der Waals surface area contributed by atoms with Crippen molar-refractivity contribution in [1.82, 2.24) is 4.98 Å². The SMILES string of the molecule is Cc1nc(NC2CCCCC2CO)ccc1[N+](=O)[O-]. The zero-order chi connectivity index (χ0) is 13.8. The molecule has 0 saturated heterocycles. The van der Waals surface area contributed by atoms with Crippen molar-refractivity contribution in [2.24, 2.45) is 5.92 Å². The standard InChI is InChI=1S/C13H19N3O3/c1-9-12(16(18)19)6-7-13(14-9)15-11-5-3-2-4-10(11)8-17/h6-7,10-11,17H,2-5,8H2,1H3,(H,14,15). The van der Waals surface area contributed by atoms with Crippen LogP contribution in [0.3, 0.4) is 0 Å². The predicted molar refractivity (Wildman–Crippen MR) is 72.1 cm³/mol. The van der Waals surface area contributed by atoms with Gasteiger partial charge in [0.05, 0.1) is 4.92 Å².